The third kappa shape index (κ3) is 2.05. The summed E-state index contributed by atoms with van der Waals surface area (Å²) in [6.07, 6.45) is 4.07. The predicted molar refractivity (Wildman–Crippen MR) is 39.3 cm³/mol. The Labute approximate surface area is 64.0 Å². The van der Waals surface area contributed by atoms with Gasteiger partial charge in [-0.05, 0) is 18.2 Å². The molecule has 0 radical (unpaired) electrons. The second kappa shape index (κ2) is 3.73. The zero-order valence-corrected chi connectivity index (χ0v) is 5.86. The normalized spacial score (nSPS) is 10.6. The number of carbonyl (C=O) groups is 1. The van der Waals surface area contributed by atoms with Crippen LogP contribution < -0.4 is 0 Å². The number of hydrogen-bond acceptors (Lipinski definition) is 3. The van der Waals surface area contributed by atoms with Crippen LogP contribution in [0.4, 0.5) is 0 Å². The molecule has 0 fully saturated rings. The van der Waals surface area contributed by atoms with Crippen LogP contribution in [0.5, 0.6) is 0 Å². The Kier molecular flexibility index (Phi) is 2.63. The molecule has 0 unspecified atom stereocenters. The summed E-state index contributed by atoms with van der Waals surface area (Å²) in [5.41, 5.74) is 0. The first kappa shape index (κ1) is 7.75. The Balaban J connectivity index is 2.64. The molecule has 58 valence electrons. The molecule has 1 aromatic heterocycles. The third-order valence-corrected chi connectivity index (χ3v) is 1.14. The second-order valence-corrected chi connectivity index (χ2v) is 1.93. The fraction of sp³-hybridized carbons (Fsp3) is 0.125. The summed E-state index contributed by atoms with van der Waals surface area (Å²) < 4.78 is 4.81. The lowest BCUT2D eigenvalue weighted by molar-refractivity contribution is 0.102. The summed E-state index contributed by atoms with van der Waals surface area (Å²) in [7, 11) is 0. The van der Waals surface area contributed by atoms with Crippen LogP contribution >= 0.6 is 0 Å². The van der Waals surface area contributed by atoms with Gasteiger partial charge in [-0.1, -0.05) is 6.08 Å². The van der Waals surface area contributed by atoms with Crippen LogP contribution in [0.1, 0.15) is 10.6 Å². The Morgan fingerprint density at radius 1 is 1.73 bits per heavy atom. The highest BCUT2D eigenvalue weighted by Gasteiger charge is 2.01. The van der Waals surface area contributed by atoms with Crippen molar-refractivity contribution >= 4 is 5.78 Å². The number of furan rings is 1. The quantitative estimate of drug-likeness (QED) is 0.519. The van der Waals surface area contributed by atoms with Gasteiger partial charge in [0.05, 0.1) is 12.9 Å². The summed E-state index contributed by atoms with van der Waals surface area (Å²) in [6, 6.07) is 3.21. The number of ketones is 1. The molecule has 1 heterocycles. The summed E-state index contributed by atoms with van der Waals surface area (Å²) in [5, 5.41) is 8.34. The van der Waals surface area contributed by atoms with Gasteiger partial charge in [0.1, 0.15) is 0 Å². The Bertz CT molecular complexity index is 246. The first-order valence-corrected chi connectivity index (χ1v) is 3.20. The zero-order valence-electron chi connectivity index (χ0n) is 5.86. The van der Waals surface area contributed by atoms with Crippen molar-refractivity contribution in [3.05, 3.63) is 36.3 Å². The van der Waals surface area contributed by atoms with Gasteiger partial charge in [-0.2, -0.15) is 0 Å². The van der Waals surface area contributed by atoms with Gasteiger partial charge in [-0.3, -0.25) is 4.79 Å². The molecule has 11 heavy (non-hydrogen) atoms. The van der Waals surface area contributed by atoms with Crippen molar-refractivity contribution in [2.24, 2.45) is 0 Å². The van der Waals surface area contributed by atoms with Crippen LogP contribution in [0.25, 0.3) is 0 Å². The lowest BCUT2D eigenvalue weighted by Gasteiger charge is -1.85. The highest BCUT2D eigenvalue weighted by Crippen LogP contribution is 2.01. The molecule has 0 saturated heterocycles. The average molecular weight is 152 g/mol. The molecule has 0 spiro atoms. The molecule has 0 aliphatic carbocycles. The van der Waals surface area contributed by atoms with Crippen molar-refractivity contribution in [2.45, 2.75) is 0 Å². The first-order valence-electron chi connectivity index (χ1n) is 3.20. The maximum Gasteiger partial charge on any atom is 0.220 e. The van der Waals surface area contributed by atoms with Gasteiger partial charge in [-0.15, -0.1) is 0 Å². The van der Waals surface area contributed by atoms with E-state index in [1.807, 2.05) is 0 Å². The number of aliphatic hydroxyl groups is 1. The summed E-state index contributed by atoms with van der Waals surface area (Å²) in [5.74, 6) is 0.0544. The lowest BCUT2D eigenvalue weighted by atomic mass is 10.3. The number of aliphatic hydroxyl groups excluding tert-OH is 1. The van der Waals surface area contributed by atoms with Crippen molar-refractivity contribution in [1.29, 1.82) is 0 Å². The SMILES string of the molecule is O=C(/C=C/CO)c1ccco1. The van der Waals surface area contributed by atoms with Crippen molar-refractivity contribution < 1.29 is 14.3 Å². The van der Waals surface area contributed by atoms with E-state index in [1.165, 1.54) is 18.4 Å². The van der Waals surface area contributed by atoms with Gasteiger partial charge in [0.25, 0.3) is 0 Å². The summed E-state index contributed by atoms with van der Waals surface area (Å²) >= 11 is 0. The first-order chi connectivity index (χ1) is 5.34. The smallest absolute Gasteiger partial charge is 0.220 e. The molecule has 0 aliphatic rings. The lowest BCUT2D eigenvalue weighted by Crippen LogP contribution is -1.90. The van der Waals surface area contributed by atoms with E-state index in [2.05, 4.69) is 0 Å². The van der Waals surface area contributed by atoms with E-state index >= 15 is 0 Å². The molecular weight excluding hydrogens is 144 g/mol. The van der Waals surface area contributed by atoms with Crippen LogP contribution in [0.2, 0.25) is 0 Å². The molecular formula is C8H8O3. The highest BCUT2D eigenvalue weighted by atomic mass is 16.3. The summed E-state index contributed by atoms with van der Waals surface area (Å²) in [4.78, 5) is 11.0. The van der Waals surface area contributed by atoms with Gasteiger partial charge in [0, 0.05) is 0 Å². The number of allylic oxidation sites excluding steroid dienone is 1. The van der Waals surface area contributed by atoms with E-state index < -0.39 is 0 Å². The van der Waals surface area contributed by atoms with Crippen LogP contribution in [0.3, 0.4) is 0 Å². The molecule has 0 amide bonds. The average Bonchev–Trinajstić information content (AvgIpc) is 2.52. The van der Waals surface area contributed by atoms with E-state index in [4.69, 9.17) is 9.52 Å². The monoisotopic (exact) mass is 152 g/mol. The maximum atomic E-state index is 11.0. The van der Waals surface area contributed by atoms with Crippen LogP contribution in [-0.4, -0.2) is 17.5 Å². The molecule has 3 heteroatoms. The molecule has 0 aromatic carbocycles. The minimum atomic E-state index is -0.232. The largest absolute Gasteiger partial charge is 0.461 e. The maximum absolute atomic E-state index is 11.0. The molecule has 1 aromatic rings. The van der Waals surface area contributed by atoms with Crippen LogP contribution in [0.15, 0.2) is 35.0 Å². The van der Waals surface area contributed by atoms with Crippen molar-refractivity contribution in [2.75, 3.05) is 6.61 Å². The van der Waals surface area contributed by atoms with Crippen LogP contribution in [0, 0.1) is 0 Å². The zero-order chi connectivity index (χ0) is 8.10. The van der Waals surface area contributed by atoms with Crippen LogP contribution in [-0.2, 0) is 0 Å². The molecule has 0 saturated carbocycles. The topological polar surface area (TPSA) is 50.4 Å². The number of rotatable bonds is 3. The molecule has 0 aliphatic heterocycles. The van der Waals surface area contributed by atoms with Crippen molar-refractivity contribution in [3.8, 4) is 0 Å². The molecule has 0 atom stereocenters. The minimum Gasteiger partial charge on any atom is -0.461 e. The fourth-order valence-corrected chi connectivity index (χ4v) is 0.661. The Hall–Kier alpha value is -1.35. The Morgan fingerprint density at radius 2 is 2.55 bits per heavy atom. The van der Waals surface area contributed by atoms with E-state index in [-0.39, 0.29) is 18.2 Å². The highest BCUT2D eigenvalue weighted by molar-refractivity contribution is 6.02. The standard InChI is InChI=1S/C8H8O3/c9-5-1-3-7(10)8-4-2-6-11-8/h1-4,6,9H,5H2/b3-1+. The Morgan fingerprint density at radius 3 is 3.09 bits per heavy atom. The number of hydrogen-bond donors (Lipinski definition) is 1. The molecule has 3 nitrogen and oxygen atoms in total. The van der Waals surface area contributed by atoms with Crippen molar-refractivity contribution in [1.82, 2.24) is 0 Å². The van der Waals surface area contributed by atoms with Gasteiger partial charge < -0.3 is 9.52 Å². The predicted octanol–water partition coefficient (Wildman–Crippen LogP) is 1.01. The minimum absolute atomic E-state index is 0.132. The molecule has 1 N–H and O–H groups in total. The fourth-order valence-electron chi connectivity index (χ4n) is 0.661. The van der Waals surface area contributed by atoms with Gasteiger partial charge in [-0.25, -0.2) is 0 Å². The van der Waals surface area contributed by atoms with Gasteiger partial charge in [0.15, 0.2) is 5.76 Å². The molecule has 1 rings (SSSR count). The molecule has 0 bridgehead atoms. The van der Waals surface area contributed by atoms with Gasteiger partial charge in [0.2, 0.25) is 5.78 Å². The third-order valence-electron chi connectivity index (χ3n) is 1.14. The van der Waals surface area contributed by atoms with Crippen molar-refractivity contribution in [3.63, 3.8) is 0 Å². The van der Waals surface area contributed by atoms with E-state index in [0.29, 0.717) is 0 Å². The van der Waals surface area contributed by atoms with Gasteiger partial charge >= 0.3 is 0 Å². The van der Waals surface area contributed by atoms with E-state index in [9.17, 15) is 4.79 Å². The van der Waals surface area contributed by atoms with E-state index in [0.717, 1.165) is 0 Å². The summed E-state index contributed by atoms with van der Waals surface area (Å²) in [6.45, 7) is -0.132. The van der Waals surface area contributed by atoms with E-state index in [1.54, 1.807) is 12.1 Å². The number of carbonyl (C=O) groups excluding carboxylic acids is 1. The second-order valence-electron chi connectivity index (χ2n) is 1.93.